The molecule has 0 aliphatic heterocycles. The number of benzene rings is 1. The van der Waals surface area contributed by atoms with Crippen molar-refractivity contribution in [3.63, 3.8) is 0 Å². The predicted molar refractivity (Wildman–Crippen MR) is 74.9 cm³/mol. The number of carboxylic acid groups (broad SMARTS) is 1. The van der Waals surface area contributed by atoms with Crippen molar-refractivity contribution in [2.75, 3.05) is 0 Å². The molecule has 0 radical (unpaired) electrons. The van der Waals surface area contributed by atoms with Gasteiger partial charge < -0.3 is 9.29 Å². The van der Waals surface area contributed by atoms with Crippen LogP contribution >= 0.6 is 0 Å². The third-order valence-electron chi connectivity index (χ3n) is 2.68. The minimum absolute atomic E-state index is 0.0201. The van der Waals surface area contributed by atoms with E-state index in [1.807, 2.05) is 6.92 Å². The highest BCUT2D eigenvalue weighted by Crippen LogP contribution is 2.19. The largest absolute Gasteiger partial charge is 0.478 e. The lowest BCUT2D eigenvalue weighted by atomic mass is 10.2. The molecule has 7 heteroatoms. The molecule has 21 heavy (non-hydrogen) atoms. The Kier molecular flexibility index (Phi) is 3.95. The number of nitrogens with zero attached hydrogens (tertiary/aromatic N) is 1. The molecule has 0 aliphatic carbocycles. The summed E-state index contributed by atoms with van der Waals surface area (Å²) in [4.78, 5) is 14.8. The van der Waals surface area contributed by atoms with E-state index < -0.39 is 16.1 Å². The molecule has 0 unspecified atom stereocenters. The minimum atomic E-state index is -4.04. The lowest BCUT2D eigenvalue weighted by Gasteiger charge is -2.08. The van der Waals surface area contributed by atoms with Crippen LogP contribution in [0.1, 0.15) is 21.6 Å². The highest BCUT2D eigenvalue weighted by atomic mass is 32.2. The second-order valence-corrected chi connectivity index (χ2v) is 6.04. The van der Waals surface area contributed by atoms with Gasteiger partial charge in [-0.25, -0.2) is 9.78 Å². The van der Waals surface area contributed by atoms with Gasteiger partial charge in [0.2, 0.25) is 5.88 Å². The zero-order chi connectivity index (χ0) is 15.6. The summed E-state index contributed by atoms with van der Waals surface area (Å²) >= 11 is 0. The molecule has 1 aromatic heterocycles. The van der Waals surface area contributed by atoms with Crippen LogP contribution in [0.5, 0.6) is 5.88 Å². The van der Waals surface area contributed by atoms with E-state index in [-0.39, 0.29) is 16.3 Å². The van der Waals surface area contributed by atoms with E-state index in [0.29, 0.717) is 5.69 Å². The summed E-state index contributed by atoms with van der Waals surface area (Å²) in [7, 11) is -4.04. The smallest absolute Gasteiger partial charge is 0.340 e. The fourth-order valence-electron chi connectivity index (χ4n) is 1.67. The van der Waals surface area contributed by atoms with Crippen LogP contribution < -0.4 is 4.18 Å². The van der Waals surface area contributed by atoms with Crippen LogP contribution in [0.4, 0.5) is 0 Å². The Labute approximate surface area is 122 Å². The average Bonchev–Trinajstić information content (AvgIpc) is 2.37. The van der Waals surface area contributed by atoms with Crippen LogP contribution in [0.15, 0.2) is 41.3 Å². The summed E-state index contributed by atoms with van der Waals surface area (Å²) in [6, 6.07) is 8.51. The van der Waals surface area contributed by atoms with E-state index in [4.69, 9.17) is 9.29 Å². The third kappa shape index (κ3) is 3.57. The molecular weight excluding hydrogens is 294 g/mol. The number of rotatable bonds is 4. The Hall–Kier alpha value is -2.41. The Morgan fingerprint density at radius 3 is 2.33 bits per heavy atom. The first kappa shape index (κ1) is 15.0. The van der Waals surface area contributed by atoms with Crippen molar-refractivity contribution in [1.29, 1.82) is 0 Å². The predicted octanol–water partition coefficient (Wildman–Crippen LogP) is 2.16. The van der Waals surface area contributed by atoms with Crippen molar-refractivity contribution < 1.29 is 22.5 Å². The van der Waals surface area contributed by atoms with Crippen molar-refractivity contribution in [2.24, 2.45) is 0 Å². The van der Waals surface area contributed by atoms with Gasteiger partial charge in [-0.1, -0.05) is 17.7 Å². The van der Waals surface area contributed by atoms with Crippen LogP contribution in [0.25, 0.3) is 0 Å². The van der Waals surface area contributed by atoms with E-state index in [9.17, 15) is 13.2 Å². The van der Waals surface area contributed by atoms with E-state index in [0.717, 1.165) is 11.6 Å². The second-order valence-electron chi connectivity index (χ2n) is 4.49. The topological polar surface area (TPSA) is 93.6 Å². The molecule has 2 aromatic rings. The number of aromatic carboxylic acids is 1. The lowest BCUT2D eigenvalue weighted by Crippen LogP contribution is -2.11. The molecular formula is C14H13NO5S. The van der Waals surface area contributed by atoms with Gasteiger partial charge in [-0.05, 0) is 32.0 Å². The molecule has 0 amide bonds. The van der Waals surface area contributed by atoms with Gasteiger partial charge in [-0.2, -0.15) is 8.42 Å². The SMILES string of the molecule is Cc1ccc(S(=O)(=O)Oc2cc(C(=O)O)cc(C)n2)cc1. The number of pyridine rings is 1. The van der Waals surface area contributed by atoms with Gasteiger partial charge in [0.1, 0.15) is 4.90 Å². The highest BCUT2D eigenvalue weighted by molar-refractivity contribution is 7.87. The number of carbonyl (C=O) groups is 1. The fraction of sp³-hybridized carbons (Fsp3) is 0.143. The summed E-state index contributed by atoms with van der Waals surface area (Å²) in [5.41, 5.74) is 1.18. The summed E-state index contributed by atoms with van der Waals surface area (Å²) in [6.45, 7) is 3.39. The fourth-order valence-corrected chi connectivity index (χ4v) is 2.55. The molecule has 2 rings (SSSR count). The monoisotopic (exact) mass is 307 g/mol. The van der Waals surface area contributed by atoms with Gasteiger partial charge in [0.15, 0.2) is 0 Å². The minimum Gasteiger partial charge on any atom is -0.478 e. The summed E-state index contributed by atoms with van der Waals surface area (Å²) in [6.07, 6.45) is 0. The van der Waals surface area contributed by atoms with Crippen molar-refractivity contribution in [1.82, 2.24) is 4.98 Å². The van der Waals surface area contributed by atoms with Crippen molar-refractivity contribution in [3.8, 4) is 5.88 Å². The molecule has 110 valence electrons. The molecule has 6 nitrogen and oxygen atoms in total. The van der Waals surface area contributed by atoms with E-state index >= 15 is 0 Å². The van der Waals surface area contributed by atoms with Crippen molar-refractivity contribution in [2.45, 2.75) is 18.7 Å². The molecule has 0 aliphatic rings. The quantitative estimate of drug-likeness (QED) is 0.870. The van der Waals surface area contributed by atoms with Gasteiger partial charge in [-0.15, -0.1) is 0 Å². The molecule has 1 aromatic carbocycles. The molecule has 0 fully saturated rings. The molecule has 0 spiro atoms. The zero-order valence-electron chi connectivity index (χ0n) is 11.4. The van der Waals surface area contributed by atoms with E-state index in [2.05, 4.69) is 4.98 Å². The Bertz CT molecular complexity index is 782. The van der Waals surface area contributed by atoms with E-state index in [1.165, 1.54) is 18.2 Å². The van der Waals surface area contributed by atoms with Crippen LogP contribution in [0.2, 0.25) is 0 Å². The molecule has 1 N–H and O–H groups in total. The highest BCUT2D eigenvalue weighted by Gasteiger charge is 2.18. The first-order valence-electron chi connectivity index (χ1n) is 6.01. The molecule has 0 atom stereocenters. The number of carboxylic acids is 1. The maximum absolute atomic E-state index is 12.1. The van der Waals surface area contributed by atoms with Crippen LogP contribution in [-0.2, 0) is 10.1 Å². The number of hydrogen-bond acceptors (Lipinski definition) is 5. The summed E-state index contributed by atoms with van der Waals surface area (Å²) in [5, 5.41) is 8.95. The first-order valence-corrected chi connectivity index (χ1v) is 7.42. The van der Waals surface area contributed by atoms with Gasteiger partial charge in [-0.3, -0.25) is 0 Å². The van der Waals surface area contributed by atoms with Crippen molar-refractivity contribution >= 4 is 16.1 Å². The number of aryl methyl sites for hydroxylation is 2. The first-order chi connectivity index (χ1) is 9.78. The molecule has 0 saturated heterocycles. The summed E-state index contributed by atoms with van der Waals surface area (Å²) < 4.78 is 29.1. The van der Waals surface area contributed by atoms with Crippen molar-refractivity contribution in [3.05, 3.63) is 53.2 Å². The van der Waals surface area contributed by atoms with Gasteiger partial charge in [0.05, 0.1) is 5.56 Å². The Morgan fingerprint density at radius 2 is 1.76 bits per heavy atom. The van der Waals surface area contributed by atoms with E-state index in [1.54, 1.807) is 19.1 Å². The Balaban J connectivity index is 2.36. The van der Waals surface area contributed by atoms with Crippen LogP contribution in [0, 0.1) is 13.8 Å². The van der Waals surface area contributed by atoms with Gasteiger partial charge >= 0.3 is 16.1 Å². The average molecular weight is 307 g/mol. The molecule has 0 bridgehead atoms. The Morgan fingerprint density at radius 1 is 1.14 bits per heavy atom. The maximum Gasteiger partial charge on any atom is 0.340 e. The van der Waals surface area contributed by atoms with Crippen LogP contribution in [0.3, 0.4) is 0 Å². The normalized spacial score (nSPS) is 11.1. The second kappa shape index (κ2) is 5.53. The number of aromatic nitrogens is 1. The number of hydrogen-bond donors (Lipinski definition) is 1. The lowest BCUT2D eigenvalue weighted by molar-refractivity contribution is 0.0696. The molecule has 1 heterocycles. The van der Waals surface area contributed by atoms with Gasteiger partial charge in [0, 0.05) is 11.8 Å². The van der Waals surface area contributed by atoms with Gasteiger partial charge in [0.25, 0.3) is 0 Å². The zero-order valence-corrected chi connectivity index (χ0v) is 12.2. The summed E-state index contributed by atoms with van der Waals surface area (Å²) in [5.74, 6) is -1.45. The molecule has 0 saturated carbocycles. The third-order valence-corrected chi connectivity index (χ3v) is 3.92. The maximum atomic E-state index is 12.1. The standard InChI is InChI=1S/C14H13NO5S/c1-9-3-5-12(6-4-9)21(18,19)20-13-8-11(14(16)17)7-10(2)15-13/h3-8H,1-2H3,(H,16,17). The van der Waals surface area contributed by atoms with Crippen LogP contribution in [-0.4, -0.2) is 24.5 Å².